The van der Waals surface area contributed by atoms with Crippen LogP contribution in [0.4, 0.5) is 11.6 Å². The van der Waals surface area contributed by atoms with Crippen molar-refractivity contribution in [1.82, 2.24) is 15.0 Å². The third-order valence-corrected chi connectivity index (χ3v) is 5.18. The van der Waals surface area contributed by atoms with Gasteiger partial charge in [-0.05, 0) is 36.4 Å². The van der Waals surface area contributed by atoms with Gasteiger partial charge in [0.05, 0.1) is 5.39 Å². The standard InChI is InChI=1S/C16H14ClN5O2S/c17-12-4-3-11(23)13(20-12)21-15(24)10-2-1-6-22(10)14-9-5-7-25-16(9)19-8-18-14/h3-5,7-8,10,23H,1-2,6H2,(H,20,21,24)/t10-/m1/s1. The van der Waals surface area contributed by atoms with E-state index >= 15 is 0 Å². The molecule has 0 radical (unpaired) electrons. The van der Waals surface area contributed by atoms with Gasteiger partial charge in [0.25, 0.3) is 0 Å². The monoisotopic (exact) mass is 375 g/mol. The zero-order valence-corrected chi connectivity index (χ0v) is 14.6. The number of pyridine rings is 1. The summed E-state index contributed by atoms with van der Waals surface area (Å²) >= 11 is 7.38. The second-order valence-electron chi connectivity index (χ2n) is 5.68. The summed E-state index contributed by atoms with van der Waals surface area (Å²) in [5.74, 6) is 0.453. The minimum absolute atomic E-state index is 0.0627. The first-order valence-electron chi connectivity index (χ1n) is 7.75. The van der Waals surface area contributed by atoms with Crippen molar-refractivity contribution < 1.29 is 9.90 Å². The molecule has 0 unspecified atom stereocenters. The van der Waals surface area contributed by atoms with Crippen molar-refractivity contribution in [1.29, 1.82) is 0 Å². The lowest BCUT2D eigenvalue weighted by molar-refractivity contribution is -0.117. The number of fused-ring (bicyclic) bond motifs is 1. The Hall–Kier alpha value is -2.45. The molecular weight excluding hydrogens is 362 g/mol. The van der Waals surface area contributed by atoms with Crippen LogP contribution >= 0.6 is 22.9 Å². The molecule has 0 saturated carbocycles. The molecule has 4 rings (SSSR count). The summed E-state index contributed by atoms with van der Waals surface area (Å²) in [4.78, 5) is 28.2. The minimum atomic E-state index is -0.391. The normalized spacial score (nSPS) is 17.2. The van der Waals surface area contributed by atoms with Crippen molar-refractivity contribution >= 4 is 50.7 Å². The van der Waals surface area contributed by atoms with Gasteiger partial charge in [-0.2, -0.15) is 0 Å². The Morgan fingerprint density at radius 3 is 3.12 bits per heavy atom. The average molecular weight is 376 g/mol. The van der Waals surface area contributed by atoms with E-state index in [4.69, 9.17) is 11.6 Å². The van der Waals surface area contributed by atoms with Crippen molar-refractivity contribution in [3.05, 3.63) is 35.1 Å². The van der Waals surface area contributed by atoms with E-state index in [0.29, 0.717) is 6.42 Å². The molecular formula is C16H14ClN5O2S. The molecule has 0 aromatic carbocycles. The van der Waals surface area contributed by atoms with E-state index in [2.05, 4.69) is 20.3 Å². The number of carbonyl (C=O) groups excluding carboxylic acids is 1. The third kappa shape index (κ3) is 2.98. The molecule has 0 bridgehead atoms. The number of hydrogen-bond acceptors (Lipinski definition) is 7. The van der Waals surface area contributed by atoms with Crippen LogP contribution in [-0.2, 0) is 4.79 Å². The van der Waals surface area contributed by atoms with Gasteiger partial charge in [0.2, 0.25) is 5.91 Å². The van der Waals surface area contributed by atoms with Gasteiger partial charge in [0, 0.05) is 6.54 Å². The number of thiophene rings is 1. The predicted molar refractivity (Wildman–Crippen MR) is 97.3 cm³/mol. The number of anilines is 2. The number of halogens is 1. The minimum Gasteiger partial charge on any atom is -0.504 e. The maximum absolute atomic E-state index is 12.7. The largest absolute Gasteiger partial charge is 0.504 e. The van der Waals surface area contributed by atoms with Crippen LogP contribution in [0, 0.1) is 0 Å². The second-order valence-corrected chi connectivity index (χ2v) is 6.96. The fourth-order valence-electron chi connectivity index (χ4n) is 3.02. The molecule has 1 amide bonds. The first-order chi connectivity index (χ1) is 12.1. The van der Waals surface area contributed by atoms with Gasteiger partial charge in [0.1, 0.15) is 28.2 Å². The number of aromatic hydroxyl groups is 1. The van der Waals surface area contributed by atoms with Crippen LogP contribution in [-0.4, -0.2) is 38.6 Å². The van der Waals surface area contributed by atoms with Crippen LogP contribution in [0.25, 0.3) is 10.2 Å². The Labute approximate surface area is 152 Å². The molecule has 128 valence electrons. The number of nitrogens with zero attached hydrogens (tertiary/aromatic N) is 4. The summed E-state index contributed by atoms with van der Waals surface area (Å²) in [5, 5.41) is 15.6. The first-order valence-corrected chi connectivity index (χ1v) is 9.00. The van der Waals surface area contributed by atoms with Crippen LogP contribution < -0.4 is 10.2 Å². The molecule has 1 aliphatic rings. The van der Waals surface area contributed by atoms with Crippen molar-refractivity contribution in [2.45, 2.75) is 18.9 Å². The number of nitrogens with one attached hydrogen (secondary N) is 1. The lowest BCUT2D eigenvalue weighted by Crippen LogP contribution is -2.40. The number of amides is 1. The second kappa shape index (κ2) is 6.45. The highest BCUT2D eigenvalue weighted by Gasteiger charge is 2.33. The zero-order chi connectivity index (χ0) is 17.4. The van der Waals surface area contributed by atoms with Crippen LogP contribution in [0.3, 0.4) is 0 Å². The Morgan fingerprint density at radius 1 is 1.36 bits per heavy atom. The molecule has 0 aliphatic carbocycles. The summed E-state index contributed by atoms with van der Waals surface area (Å²) < 4.78 is 0. The fraction of sp³-hybridized carbons (Fsp3) is 0.250. The molecule has 9 heteroatoms. The van der Waals surface area contributed by atoms with E-state index in [0.717, 1.165) is 29.0 Å². The number of rotatable bonds is 3. The molecule has 4 heterocycles. The van der Waals surface area contributed by atoms with E-state index in [9.17, 15) is 9.90 Å². The third-order valence-electron chi connectivity index (χ3n) is 4.15. The Kier molecular flexibility index (Phi) is 4.14. The highest BCUT2D eigenvalue weighted by Crippen LogP contribution is 2.32. The Balaban J connectivity index is 1.62. The van der Waals surface area contributed by atoms with Crippen LogP contribution in [0.2, 0.25) is 5.15 Å². The van der Waals surface area contributed by atoms with E-state index in [1.165, 1.54) is 18.5 Å². The lowest BCUT2D eigenvalue weighted by Gasteiger charge is -2.25. The van der Waals surface area contributed by atoms with Crippen LogP contribution in [0.15, 0.2) is 29.9 Å². The van der Waals surface area contributed by atoms with E-state index in [1.54, 1.807) is 11.3 Å². The van der Waals surface area contributed by atoms with Crippen molar-refractivity contribution in [2.75, 3.05) is 16.8 Å². The molecule has 1 atom stereocenters. The molecule has 7 nitrogen and oxygen atoms in total. The molecule has 3 aromatic heterocycles. The van der Waals surface area contributed by atoms with E-state index in [-0.39, 0.29) is 22.6 Å². The van der Waals surface area contributed by atoms with Crippen LogP contribution in [0.1, 0.15) is 12.8 Å². The van der Waals surface area contributed by atoms with Crippen molar-refractivity contribution in [3.63, 3.8) is 0 Å². The maximum Gasteiger partial charge on any atom is 0.248 e. The topological polar surface area (TPSA) is 91.2 Å². The molecule has 25 heavy (non-hydrogen) atoms. The van der Waals surface area contributed by atoms with Gasteiger partial charge in [-0.15, -0.1) is 11.3 Å². The molecule has 1 saturated heterocycles. The number of hydrogen-bond donors (Lipinski definition) is 2. The van der Waals surface area contributed by atoms with Gasteiger partial charge >= 0.3 is 0 Å². The van der Waals surface area contributed by atoms with Crippen molar-refractivity contribution in [2.24, 2.45) is 0 Å². The average Bonchev–Trinajstić information content (AvgIpc) is 3.26. The zero-order valence-electron chi connectivity index (χ0n) is 13.0. The number of aromatic nitrogens is 3. The molecule has 1 fully saturated rings. The summed E-state index contributed by atoms with van der Waals surface area (Å²) in [5.41, 5.74) is 0. The van der Waals surface area contributed by atoms with E-state index < -0.39 is 6.04 Å². The summed E-state index contributed by atoms with van der Waals surface area (Å²) in [7, 11) is 0. The molecule has 1 aliphatic heterocycles. The van der Waals surface area contributed by atoms with Gasteiger partial charge in [-0.25, -0.2) is 15.0 Å². The van der Waals surface area contributed by atoms with Gasteiger partial charge in [-0.3, -0.25) is 4.79 Å². The molecule has 3 aromatic rings. The number of carbonyl (C=O) groups is 1. The quantitative estimate of drug-likeness (QED) is 0.684. The SMILES string of the molecule is O=C(Nc1nc(Cl)ccc1O)[C@H]1CCCN1c1ncnc2sccc12. The van der Waals surface area contributed by atoms with E-state index in [1.807, 2.05) is 16.3 Å². The van der Waals surface area contributed by atoms with Gasteiger partial charge in [-0.1, -0.05) is 11.6 Å². The summed E-state index contributed by atoms with van der Waals surface area (Å²) in [6, 6.07) is 4.44. The lowest BCUT2D eigenvalue weighted by atomic mass is 10.2. The predicted octanol–water partition coefficient (Wildman–Crippen LogP) is 3.05. The smallest absolute Gasteiger partial charge is 0.248 e. The first kappa shape index (κ1) is 16.0. The summed E-state index contributed by atoms with van der Waals surface area (Å²) in [6.45, 7) is 0.731. The summed E-state index contributed by atoms with van der Waals surface area (Å²) in [6.07, 6.45) is 3.09. The highest BCUT2D eigenvalue weighted by atomic mass is 35.5. The molecule has 0 spiro atoms. The molecule has 2 N–H and O–H groups in total. The fourth-order valence-corrected chi connectivity index (χ4v) is 3.89. The van der Waals surface area contributed by atoms with Crippen LogP contribution in [0.5, 0.6) is 5.75 Å². The van der Waals surface area contributed by atoms with Gasteiger partial charge in [0.15, 0.2) is 11.6 Å². The maximum atomic E-state index is 12.7. The van der Waals surface area contributed by atoms with Gasteiger partial charge < -0.3 is 15.3 Å². The Morgan fingerprint density at radius 2 is 2.24 bits per heavy atom. The van der Waals surface area contributed by atoms with Crippen molar-refractivity contribution in [3.8, 4) is 5.75 Å². The Bertz CT molecular complexity index is 947. The highest BCUT2D eigenvalue weighted by molar-refractivity contribution is 7.16.